The molecule has 0 radical (unpaired) electrons. The molecule has 0 aliphatic carbocycles. The van der Waals surface area contributed by atoms with Gasteiger partial charge in [-0.1, -0.05) is 32.0 Å². The van der Waals surface area contributed by atoms with E-state index < -0.39 is 0 Å². The number of para-hydroxylation sites is 1. The lowest BCUT2D eigenvalue weighted by molar-refractivity contribution is 0.448. The number of rotatable bonds is 4. The Morgan fingerprint density at radius 3 is 2.79 bits per heavy atom. The summed E-state index contributed by atoms with van der Waals surface area (Å²) in [7, 11) is 0. The number of anilines is 1. The topological polar surface area (TPSA) is 61.0 Å². The molecule has 2 rings (SSSR count). The average molecular weight is 322 g/mol. The standard InChI is InChI=1S/C14H16BrN3O/c1-3-9(2)10-6-4-5-7-11(10)19-14-12(15)13(16)17-8-18-14/h4-9H,3H2,1-2H3,(H2,16,17,18). The predicted molar refractivity (Wildman–Crippen MR) is 79.4 cm³/mol. The largest absolute Gasteiger partial charge is 0.437 e. The first-order valence-corrected chi connectivity index (χ1v) is 6.95. The maximum Gasteiger partial charge on any atom is 0.238 e. The number of nitrogens with two attached hydrogens (primary N) is 1. The molecule has 0 fully saturated rings. The third-order valence-electron chi connectivity index (χ3n) is 3.05. The Balaban J connectivity index is 2.36. The first-order chi connectivity index (χ1) is 9.13. The molecule has 0 saturated carbocycles. The highest BCUT2D eigenvalue weighted by atomic mass is 79.9. The first-order valence-electron chi connectivity index (χ1n) is 6.16. The van der Waals surface area contributed by atoms with E-state index in [1.807, 2.05) is 18.2 Å². The Labute approximate surface area is 121 Å². The van der Waals surface area contributed by atoms with Crippen LogP contribution in [0.15, 0.2) is 35.1 Å². The van der Waals surface area contributed by atoms with Crippen LogP contribution in [0.1, 0.15) is 31.7 Å². The normalized spacial score (nSPS) is 12.2. The average Bonchev–Trinajstić information content (AvgIpc) is 2.43. The van der Waals surface area contributed by atoms with Crippen LogP contribution in [0.3, 0.4) is 0 Å². The van der Waals surface area contributed by atoms with E-state index in [-0.39, 0.29) is 0 Å². The molecule has 0 amide bonds. The summed E-state index contributed by atoms with van der Waals surface area (Å²) in [6.45, 7) is 4.33. The van der Waals surface area contributed by atoms with E-state index in [1.165, 1.54) is 6.33 Å². The van der Waals surface area contributed by atoms with Gasteiger partial charge in [-0.05, 0) is 39.9 Å². The molecule has 2 aromatic rings. The number of nitrogen functional groups attached to an aromatic ring is 1. The Morgan fingerprint density at radius 1 is 1.32 bits per heavy atom. The van der Waals surface area contributed by atoms with Crippen LogP contribution in [-0.4, -0.2) is 9.97 Å². The van der Waals surface area contributed by atoms with E-state index in [9.17, 15) is 0 Å². The number of aromatic nitrogens is 2. The minimum atomic E-state index is 0.367. The van der Waals surface area contributed by atoms with Gasteiger partial charge in [-0.3, -0.25) is 0 Å². The molecule has 0 saturated heterocycles. The van der Waals surface area contributed by atoms with Gasteiger partial charge in [0.05, 0.1) is 0 Å². The Hall–Kier alpha value is -1.62. The molecule has 0 spiro atoms. The van der Waals surface area contributed by atoms with Gasteiger partial charge in [0.15, 0.2) is 0 Å². The zero-order valence-corrected chi connectivity index (χ0v) is 12.5. The van der Waals surface area contributed by atoms with Gasteiger partial charge in [0.25, 0.3) is 0 Å². The predicted octanol–water partition coefficient (Wildman–Crippen LogP) is 4.13. The lowest BCUT2D eigenvalue weighted by Crippen LogP contribution is -2.00. The van der Waals surface area contributed by atoms with Crippen molar-refractivity contribution < 1.29 is 4.74 Å². The van der Waals surface area contributed by atoms with Crippen LogP contribution in [0.25, 0.3) is 0 Å². The van der Waals surface area contributed by atoms with Crippen molar-refractivity contribution in [2.75, 3.05) is 5.73 Å². The van der Waals surface area contributed by atoms with Crippen molar-refractivity contribution in [2.45, 2.75) is 26.2 Å². The summed E-state index contributed by atoms with van der Waals surface area (Å²) in [6, 6.07) is 7.96. The van der Waals surface area contributed by atoms with E-state index in [1.54, 1.807) is 0 Å². The molecule has 19 heavy (non-hydrogen) atoms. The molecule has 1 unspecified atom stereocenters. The number of ether oxygens (including phenoxy) is 1. The lowest BCUT2D eigenvalue weighted by atomic mass is 9.98. The van der Waals surface area contributed by atoms with Gasteiger partial charge in [0.2, 0.25) is 5.88 Å². The van der Waals surface area contributed by atoms with Crippen LogP contribution in [0.4, 0.5) is 5.82 Å². The molecule has 1 aromatic heterocycles. The van der Waals surface area contributed by atoms with Crippen LogP contribution in [0.2, 0.25) is 0 Å². The van der Waals surface area contributed by atoms with Gasteiger partial charge in [-0.25, -0.2) is 9.97 Å². The molecule has 0 bridgehead atoms. The maximum atomic E-state index is 5.87. The quantitative estimate of drug-likeness (QED) is 0.919. The second kappa shape index (κ2) is 6.02. The van der Waals surface area contributed by atoms with Gasteiger partial charge in [-0.15, -0.1) is 0 Å². The van der Waals surface area contributed by atoms with Crippen molar-refractivity contribution in [3.8, 4) is 11.6 Å². The number of hydrogen-bond acceptors (Lipinski definition) is 4. The fourth-order valence-electron chi connectivity index (χ4n) is 1.74. The van der Waals surface area contributed by atoms with Crippen LogP contribution < -0.4 is 10.5 Å². The van der Waals surface area contributed by atoms with Crippen LogP contribution in [-0.2, 0) is 0 Å². The summed E-state index contributed by atoms with van der Waals surface area (Å²) in [5.74, 6) is 2.03. The molecule has 1 heterocycles. The molecule has 4 nitrogen and oxygen atoms in total. The third-order valence-corrected chi connectivity index (χ3v) is 3.80. The smallest absolute Gasteiger partial charge is 0.238 e. The SMILES string of the molecule is CCC(C)c1ccccc1Oc1ncnc(N)c1Br. The second-order valence-electron chi connectivity index (χ2n) is 4.33. The fraction of sp³-hybridized carbons (Fsp3) is 0.286. The highest BCUT2D eigenvalue weighted by Crippen LogP contribution is 2.35. The summed E-state index contributed by atoms with van der Waals surface area (Å²) in [6.07, 6.45) is 2.44. The molecule has 0 aliphatic heterocycles. The van der Waals surface area contributed by atoms with Gasteiger partial charge in [-0.2, -0.15) is 0 Å². The van der Waals surface area contributed by atoms with Crippen molar-refractivity contribution in [1.82, 2.24) is 9.97 Å². The fourth-order valence-corrected chi connectivity index (χ4v) is 2.03. The summed E-state index contributed by atoms with van der Waals surface area (Å²) < 4.78 is 6.44. The summed E-state index contributed by atoms with van der Waals surface area (Å²) in [5.41, 5.74) is 6.88. The van der Waals surface area contributed by atoms with Crippen molar-refractivity contribution in [1.29, 1.82) is 0 Å². The molecule has 1 aromatic carbocycles. The molecule has 1 atom stereocenters. The summed E-state index contributed by atoms with van der Waals surface area (Å²) >= 11 is 3.34. The van der Waals surface area contributed by atoms with Gasteiger partial charge in [0, 0.05) is 0 Å². The minimum Gasteiger partial charge on any atom is -0.437 e. The van der Waals surface area contributed by atoms with Gasteiger partial charge < -0.3 is 10.5 Å². The number of nitrogens with zero attached hydrogens (tertiary/aromatic N) is 2. The molecule has 100 valence electrons. The van der Waals surface area contributed by atoms with Crippen molar-refractivity contribution in [2.24, 2.45) is 0 Å². The number of benzene rings is 1. The molecule has 0 aliphatic rings. The highest BCUT2D eigenvalue weighted by molar-refractivity contribution is 9.10. The van der Waals surface area contributed by atoms with E-state index in [2.05, 4.69) is 45.8 Å². The highest BCUT2D eigenvalue weighted by Gasteiger charge is 2.13. The second-order valence-corrected chi connectivity index (χ2v) is 5.12. The lowest BCUT2D eigenvalue weighted by Gasteiger charge is -2.15. The van der Waals surface area contributed by atoms with Crippen LogP contribution in [0, 0.1) is 0 Å². The van der Waals surface area contributed by atoms with E-state index in [0.29, 0.717) is 22.1 Å². The molecular formula is C14H16BrN3O. The molecule has 2 N–H and O–H groups in total. The minimum absolute atomic E-state index is 0.367. The van der Waals surface area contributed by atoms with Crippen LogP contribution in [0.5, 0.6) is 11.6 Å². The third kappa shape index (κ3) is 3.04. The Kier molecular flexibility index (Phi) is 4.37. The maximum absolute atomic E-state index is 5.87. The van der Waals surface area contributed by atoms with Gasteiger partial charge >= 0.3 is 0 Å². The summed E-state index contributed by atoms with van der Waals surface area (Å²) in [5, 5.41) is 0. The van der Waals surface area contributed by atoms with E-state index >= 15 is 0 Å². The van der Waals surface area contributed by atoms with Crippen molar-refractivity contribution >= 4 is 21.7 Å². The van der Waals surface area contributed by atoms with Gasteiger partial charge in [0.1, 0.15) is 22.4 Å². The number of halogens is 1. The summed E-state index contributed by atoms with van der Waals surface area (Å²) in [4.78, 5) is 7.99. The monoisotopic (exact) mass is 321 g/mol. The zero-order chi connectivity index (χ0) is 13.8. The molecule has 5 heteroatoms. The van der Waals surface area contributed by atoms with E-state index in [0.717, 1.165) is 17.7 Å². The van der Waals surface area contributed by atoms with E-state index in [4.69, 9.17) is 10.5 Å². The molecular weight excluding hydrogens is 306 g/mol. The zero-order valence-electron chi connectivity index (χ0n) is 10.9. The van der Waals surface area contributed by atoms with Crippen LogP contribution >= 0.6 is 15.9 Å². The van der Waals surface area contributed by atoms with Crippen molar-refractivity contribution in [3.05, 3.63) is 40.6 Å². The van der Waals surface area contributed by atoms with Crippen molar-refractivity contribution in [3.63, 3.8) is 0 Å². The number of hydrogen-bond donors (Lipinski definition) is 1. The first kappa shape index (κ1) is 13.8. The Bertz CT molecular complexity index is 574. The Morgan fingerprint density at radius 2 is 2.05 bits per heavy atom.